The molecule has 0 saturated heterocycles. The third-order valence-corrected chi connectivity index (χ3v) is 3.50. The van der Waals surface area contributed by atoms with Gasteiger partial charge >= 0.3 is 6.18 Å². The average molecular weight is 333 g/mol. The van der Waals surface area contributed by atoms with Gasteiger partial charge in [0.15, 0.2) is 0 Å². The number of furan rings is 1. The van der Waals surface area contributed by atoms with Gasteiger partial charge in [-0.3, -0.25) is 0 Å². The Hall–Kier alpha value is -1.84. The maximum absolute atomic E-state index is 13.3. The van der Waals surface area contributed by atoms with Crippen LogP contribution < -0.4 is 5.32 Å². The third-order valence-electron chi connectivity index (χ3n) is 3.50. The second-order valence-corrected chi connectivity index (χ2v) is 5.17. The number of aromatic nitrogens is 2. The fourth-order valence-electron chi connectivity index (χ4n) is 2.23. The Kier molecular flexibility index (Phi) is 5.12. The van der Waals surface area contributed by atoms with E-state index in [1.807, 2.05) is 0 Å². The lowest BCUT2D eigenvalue weighted by Crippen LogP contribution is -2.46. The van der Waals surface area contributed by atoms with Crippen molar-refractivity contribution in [2.45, 2.75) is 31.3 Å². The molecule has 0 spiro atoms. The summed E-state index contributed by atoms with van der Waals surface area (Å²) in [6, 6.07) is 3.20. The molecular formula is C14H18F3N3O3. The molecule has 0 radical (unpaired) electrons. The first-order valence-electron chi connectivity index (χ1n) is 6.94. The number of aliphatic hydroxyl groups excluding tert-OH is 1. The highest BCUT2D eigenvalue weighted by atomic mass is 19.4. The molecule has 128 valence electrons. The van der Waals surface area contributed by atoms with Crippen molar-refractivity contribution in [1.82, 2.24) is 14.9 Å². The minimum atomic E-state index is -4.84. The standard InChI is InChI=1S/C14H18F3N3O3/c1-20-7-6-19-12(20)13(22,14(15,16)17)4-5-18-8-10-2-3-11(9-21)23-10/h2-3,6-7,18,21-22H,4-5,8-9H2,1H3. The number of hydrogen-bond acceptors (Lipinski definition) is 5. The molecule has 2 rings (SSSR count). The van der Waals surface area contributed by atoms with Gasteiger partial charge < -0.3 is 24.5 Å². The van der Waals surface area contributed by atoms with Crippen molar-refractivity contribution in [3.63, 3.8) is 0 Å². The molecule has 0 bridgehead atoms. The van der Waals surface area contributed by atoms with E-state index in [-0.39, 0.29) is 19.7 Å². The molecule has 9 heteroatoms. The van der Waals surface area contributed by atoms with Gasteiger partial charge in [0, 0.05) is 25.9 Å². The third kappa shape index (κ3) is 3.74. The molecule has 3 N–H and O–H groups in total. The Labute approximate surface area is 130 Å². The zero-order valence-corrected chi connectivity index (χ0v) is 12.5. The van der Waals surface area contributed by atoms with Crippen molar-refractivity contribution >= 4 is 0 Å². The Morgan fingerprint density at radius 3 is 2.52 bits per heavy atom. The normalized spacial score (nSPS) is 14.9. The molecule has 0 aliphatic carbocycles. The molecule has 0 amide bonds. The van der Waals surface area contributed by atoms with E-state index in [9.17, 15) is 18.3 Å². The van der Waals surface area contributed by atoms with Gasteiger partial charge in [0.2, 0.25) is 5.60 Å². The second-order valence-electron chi connectivity index (χ2n) is 5.17. The summed E-state index contributed by atoms with van der Waals surface area (Å²) in [5, 5.41) is 21.8. The molecule has 0 aliphatic heterocycles. The summed E-state index contributed by atoms with van der Waals surface area (Å²) in [6.07, 6.45) is -2.88. The van der Waals surface area contributed by atoms with Crippen LogP contribution in [0.4, 0.5) is 13.2 Å². The first kappa shape index (κ1) is 17.5. The highest BCUT2D eigenvalue weighted by Crippen LogP contribution is 2.40. The zero-order chi connectivity index (χ0) is 17.1. The number of nitrogens with one attached hydrogen (secondary N) is 1. The van der Waals surface area contributed by atoms with Gasteiger partial charge in [-0.15, -0.1) is 0 Å². The van der Waals surface area contributed by atoms with Crippen LogP contribution in [0.15, 0.2) is 28.9 Å². The van der Waals surface area contributed by atoms with E-state index in [2.05, 4.69) is 10.3 Å². The fraction of sp³-hybridized carbons (Fsp3) is 0.500. The predicted molar refractivity (Wildman–Crippen MR) is 74.1 cm³/mol. The van der Waals surface area contributed by atoms with E-state index in [1.54, 1.807) is 12.1 Å². The summed E-state index contributed by atoms with van der Waals surface area (Å²) in [5.74, 6) is 0.413. The first-order chi connectivity index (χ1) is 10.8. The molecule has 0 aliphatic rings. The van der Waals surface area contributed by atoms with Crippen LogP contribution in [0.2, 0.25) is 0 Å². The Morgan fingerprint density at radius 1 is 1.30 bits per heavy atom. The van der Waals surface area contributed by atoms with Crippen molar-refractivity contribution in [3.8, 4) is 0 Å². The van der Waals surface area contributed by atoms with E-state index >= 15 is 0 Å². The van der Waals surface area contributed by atoms with Gasteiger partial charge in [-0.25, -0.2) is 4.98 Å². The lowest BCUT2D eigenvalue weighted by Gasteiger charge is -2.30. The van der Waals surface area contributed by atoms with E-state index in [4.69, 9.17) is 9.52 Å². The average Bonchev–Trinajstić information content (AvgIpc) is 3.11. The van der Waals surface area contributed by atoms with Gasteiger partial charge in [-0.1, -0.05) is 0 Å². The van der Waals surface area contributed by atoms with E-state index in [0.29, 0.717) is 11.5 Å². The van der Waals surface area contributed by atoms with E-state index < -0.39 is 24.0 Å². The van der Waals surface area contributed by atoms with Crippen LogP contribution >= 0.6 is 0 Å². The number of alkyl halides is 3. The molecule has 0 aromatic carbocycles. The van der Waals surface area contributed by atoms with Crippen LogP contribution in [-0.2, 0) is 25.8 Å². The Morgan fingerprint density at radius 2 is 2.00 bits per heavy atom. The summed E-state index contributed by atoms with van der Waals surface area (Å²) in [4.78, 5) is 3.62. The molecule has 0 fully saturated rings. The zero-order valence-electron chi connectivity index (χ0n) is 12.5. The number of hydrogen-bond donors (Lipinski definition) is 3. The molecule has 6 nitrogen and oxygen atoms in total. The van der Waals surface area contributed by atoms with E-state index in [1.165, 1.54) is 19.4 Å². The summed E-state index contributed by atoms with van der Waals surface area (Å²) in [5.41, 5.74) is -3.03. The number of nitrogens with zero attached hydrogens (tertiary/aromatic N) is 2. The quantitative estimate of drug-likeness (QED) is 0.668. The number of aryl methyl sites for hydroxylation is 1. The first-order valence-corrected chi connectivity index (χ1v) is 6.94. The molecule has 1 unspecified atom stereocenters. The van der Waals surface area contributed by atoms with Crippen LogP contribution in [0.3, 0.4) is 0 Å². The van der Waals surface area contributed by atoms with Crippen molar-refractivity contribution < 1.29 is 27.8 Å². The summed E-state index contributed by atoms with van der Waals surface area (Å²) >= 11 is 0. The smallest absolute Gasteiger partial charge is 0.424 e. The monoisotopic (exact) mass is 333 g/mol. The van der Waals surface area contributed by atoms with Gasteiger partial charge in [0.05, 0.1) is 6.54 Å². The Bertz CT molecular complexity index is 638. The highest BCUT2D eigenvalue weighted by Gasteiger charge is 2.56. The van der Waals surface area contributed by atoms with Gasteiger partial charge in [0.25, 0.3) is 0 Å². The number of imidazole rings is 1. The SMILES string of the molecule is Cn1ccnc1C(O)(CCNCc1ccc(CO)o1)C(F)(F)F. The molecule has 2 aromatic heterocycles. The van der Waals surface area contributed by atoms with Gasteiger partial charge in [0.1, 0.15) is 24.0 Å². The van der Waals surface area contributed by atoms with Crippen LogP contribution in [0.5, 0.6) is 0 Å². The maximum atomic E-state index is 13.3. The summed E-state index contributed by atoms with van der Waals surface area (Å²) < 4.78 is 46.2. The van der Waals surface area contributed by atoms with Crippen molar-refractivity contribution in [2.75, 3.05) is 6.54 Å². The molecular weight excluding hydrogens is 315 g/mol. The van der Waals surface area contributed by atoms with Crippen molar-refractivity contribution in [1.29, 1.82) is 0 Å². The van der Waals surface area contributed by atoms with E-state index in [0.717, 1.165) is 4.57 Å². The largest absolute Gasteiger partial charge is 0.462 e. The van der Waals surface area contributed by atoms with Crippen LogP contribution in [0.25, 0.3) is 0 Å². The lowest BCUT2D eigenvalue weighted by atomic mass is 9.97. The lowest BCUT2D eigenvalue weighted by molar-refractivity contribution is -0.272. The minimum absolute atomic E-state index is 0.0992. The van der Waals surface area contributed by atoms with Crippen molar-refractivity contribution in [3.05, 3.63) is 41.9 Å². The summed E-state index contributed by atoms with van der Waals surface area (Å²) in [7, 11) is 1.39. The van der Waals surface area contributed by atoms with Crippen LogP contribution in [0, 0.1) is 0 Å². The maximum Gasteiger partial charge on any atom is 0.424 e. The Balaban J connectivity index is 1.98. The van der Waals surface area contributed by atoms with Crippen molar-refractivity contribution in [2.24, 2.45) is 7.05 Å². The fourth-order valence-corrected chi connectivity index (χ4v) is 2.23. The van der Waals surface area contributed by atoms with Gasteiger partial charge in [-0.05, 0) is 18.7 Å². The highest BCUT2D eigenvalue weighted by molar-refractivity contribution is 5.09. The number of halogens is 3. The second kappa shape index (κ2) is 6.73. The van der Waals surface area contributed by atoms with Gasteiger partial charge in [-0.2, -0.15) is 13.2 Å². The summed E-state index contributed by atoms with van der Waals surface area (Å²) in [6.45, 7) is -0.153. The molecule has 0 saturated carbocycles. The number of aliphatic hydroxyl groups is 2. The van der Waals surface area contributed by atoms with Crippen LogP contribution in [0.1, 0.15) is 23.8 Å². The molecule has 2 heterocycles. The topological polar surface area (TPSA) is 83.5 Å². The number of rotatable bonds is 7. The molecule has 1 atom stereocenters. The minimum Gasteiger partial charge on any atom is -0.462 e. The molecule has 2 aromatic rings. The van der Waals surface area contributed by atoms with Crippen LogP contribution in [-0.4, -0.2) is 32.5 Å². The molecule has 23 heavy (non-hydrogen) atoms. The predicted octanol–water partition coefficient (Wildman–Crippen LogP) is 1.44.